The summed E-state index contributed by atoms with van der Waals surface area (Å²) in [7, 11) is 0. The van der Waals surface area contributed by atoms with Gasteiger partial charge in [0.1, 0.15) is 5.69 Å². The molecular weight excluding hydrogens is 338 g/mol. The summed E-state index contributed by atoms with van der Waals surface area (Å²) in [6.45, 7) is 0.256. The van der Waals surface area contributed by atoms with Crippen molar-refractivity contribution in [1.29, 1.82) is 0 Å². The van der Waals surface area contributed by atoms with Crippen LogP contribution < -0.4 is 14.8 Å². The number of aromatic nitrogens is 2. The van der Waals surface area contributed by atoms with Crippen molar-refractivity contribution in [1.82, 2.24) is 9.59 Å². The molecule has 0 bridgehead atoms. The van der Waals surface area contributed by atoms with Crippen LogP contribution in [0.25, 0.3) is 11.3 Å². The van der Waals surface area contributed by atoms with Gasteiger partial charge in [-0.25, -0.2) is 0 Å². The number of rotatable bonds is 5. The zero-order valence-corrected chi connectivity index (χ0v) is 14.1. The maximum atomic E-state index is 12.1. The lowest BCUT2D eigenvalue weighted by Gasteiger charge is -2.06. The predicted octanol–water partition coefficient (Wildman–Crippen LogP) is 3.51. The number of ether oxygens (including phenoxy) is 2. The first kappa shape index (κ1) is 15.6. The van der Waals surface area contributed by atoms with Gasteiger partial charge in [0, 0.05) is 23.1 Å². The van der Waals surface area contributed by atoms with Crippen molar-refractivity contribution in [3.8, 4) is 22.8 Å². The van der Waals surface area contributed by atoms with Gasteiger partial charge in [-0.1, -0.05) is 22.7 Å². The third kappa shape index (κ3) is 3.61. The van der Waals surface area contributed by atoms with Crippen LogP contribution in [0.5, 0.6) is 11.5 Å². The summed E-state index contributed by atoms with van der Waals surface area (Å²) in [5.41, 5.74) is 3.63. The fourth-order valence-corrected chi connectivity index (χ4v) is 3.06. The summed E-state index contributed by atoms with van der Waals surface area (Å²) in [5.74, 6) is 1.47. The topological polar surface area (TPSA) is 73.3 Å². The second kappa shape index (κ2) is 6.90. The van der Waals surface area contributed by atoms with Crippen molar-refractivity contribution in [3.05, 3.63) is 53.4 Å². The molecule has 0 saturated carbocycles. The summed E-state index contributed by atoms with van der Waals surface area (Å²) in [6.07, 6.45) is 1.04. The van der Waals surface area contributed by atoms with E-state index in [-0.39, 0.29) is 12.7 Å². The van der Waals surface area contributed by atoms with Gasteiger partial charge in [0.05, 0.1) is 0 Å². The van der Waals surface area contributed by atoms with E-state index in [1.54, 1.807) is 0 Å². The maximum Gasteiger partial charge on any atom is 0.231 e. The average molecular weight is 353 g/mol. The van der Waals surface area contributed by atoms with Crippen LogP contribution in [0.3, 0.4) is 0 Å². The molecule has 0 fully saturated rings. The number of amides is 1. The molecule has 126 valence electrons. The molecule has 1 aliphatic rings. The highest BCUT2D eigenvalue weighted by Crippen LogP contribution is 2.32. The predicted molar refractivity (Wildman–Crippen MR) is 94.9 cm³/mol. The van der Waals surface area contributed by atoms with Gasteiger partial charge in [-0.2, -0.15) is 0 Å². The number of aryl methyl sites for hydroxylation is 1. The van der Waals surface area contributed by atoms with E-state index in [9.17, 15) is 4.79 Å². The van der Waals surface area contributed by atoms with E-state index < -0.39 is 0 Å². The summed E-state index contributed by atoms with van der Waals surface area (Å²) in [6, 6.07) is 13.3. The summed E-state index contributed by atoms with van der Waals surface area (Å²) >= 11 is 1.31. The Morgan fingerprint density at radius 2 is 1.96 bits per heavy atom. The quantitative estimate of drug-likeness (QED) is 0.760. The van der Waals surface area contributed by atoms with E-state index in [0.29, 0.717) is 12.8 Å². The third-order valence-electron chi connectivity index (χ3n) is 3.90. The molecule has 1 amide bonds. The van der Waals surface area contributed by atoms with Gasteiger partial charge >= 0.3 is 0 Å². The molecule has 0 unspecified atom stereocenters. The molecule has 7 heteroatoms. The van der Waals surface area contributed by atoms with Crippen molar-refractivity contribution in [2.24, 2.45) is 0 Å². The molecule has 3 aromatic rings. The molecule has 2 aromatic carbocycles. The summed E-state index contributed by atoms with van der Waals surface area (Å²) < 4.78 is 14.5. The lowest BCUT2D eigenvalue weighted by atomic mass is 10.1. The Balaban J connectivity index is 1.33. The van der Waals surface area contributed by atoms with Gasteiger partial charge < -0.3 is 14.8 Å². The zero-order chi connectivity index (χ0) is 17.1. The van der Waals surface area contributed by atoms with E-state index in [1.807, 2.05) is 47.8 Å². The number of nitrogens with one attached hydrogen (secondary N) is 1. The van der Waals surface area contributed by atoms with Crippen LogP contribution in [0.15, 0.2) is 47.8 Å². The minimum absolute atomic E-state index is 0.0271. The van der Waals surface area contributed by atoms with Crippen LogP contribution in [0.1, 0.15) is 12.0 Å². The molecule has 0 aliphatic carbocycles. The van der Waals surface area contributed by atoms with Crippen molar-refractivity contribution in [2.45, 2.75) is 12.8 Å². The van der Waals surface area contributed by atoms with Crippen LogP contribution >= 0.6 is 11.5 Å². The second-order valence-electron chi connectivity index (χ2n) is 5.60. The molecular formula is C18H15N3O3S. The lowest BCUT2D eigenvalue weighted by Crippen LogP contribution is -2.12. The van der Waals surface area contributed by atoms with E-state index in [2.05, 4.69) is 14.9 Å². The second-order valence-corrected chi connectivity index (χ2v) is 6.21. The fourth-order valence-electron chi connectivity index (χ4n) is 2.59. The molecule has 6 nitrogen and oxygen atoms in total. The number of hydrogen-bond acceptors (Lipinski definition) is 6. The first-order valence-electron chi connectivity index (χ1n) is 7.84. The van der Waals surface area contributed by atoms with Crippen LogP contribution in [0.2, 0.25) is 0 Å². The first-order valence-corrected chi connectivity index (χ1v) is 8.67. The van der Waals surface area contributed by atoms with Crippen LogP contribution in [-0.2, 0) is 11.2 Å². The molecule has 0 saturated heterocycles. The highest BCUT2D eigenvalue weighted by Gasteiger charge is 2.13. The van der Waals surface area contributed by atoms with Gasteiger partial charge in [0.25, 0.3) is 0 Å². The third-order valence-corrected chi connectivity index (χ3v) is 4.41. The van der Waals surface area contributed by atoms with Gasteiger partial charge in [0.2, 0.25) is 12.7 Å². The standard InChI is InChI=1S/C18H15N3O3S/c22-18(8-2-12-1-7-16-17(9-12)24-11-23-16)19-14-5-3-13(4-6-14)15-10-25-21-20-15/h1,3-7,9-10H,2,8,11H2,(H,19,22). The Morgan fingerprint density at radius 3 is 2.76 bits per heavy atom. The van der Waals surface area contributed by atoms with Crippen LogP contribution in [0, 0.1) is 0 Å². The summed E-state index contributed by atoms with van der Waals surface area (Å²) in [5, 5.41) is 8.82. The molecule has 1 aromatic heterocycles. The number of carbonyl (C=O) groups is 1. The minimum Gasteiger partial charge on any atom is -0.454 e. The number of hydrogen-bond donors (Lipinski definition) is 1. The highest BCUT2D eigenvalue weighted by atomic mass is 32.1. The number of fused-ring (bicyclic) bond motifs is 1. The normalized spacial score (nSPS) is 12.2. The monoisotopic (exact) mass is 353 g/mol. The van der Waals surface area contributed by atoms with Gasteiger partial charge in [-0.3, -0.25) is 4.79 Å². The average Bonchev–Trinajstić information content (AvgIpc) is 3.32. The van der Waals surface area contributed by atoms with Crippen molar-refractivity contribution in [2.75, 3.05) is 12.1 Å². The fraction of sp³-hybridized carbons (Fsp3) is 0.167. The number of anilines is 1. The minimum atomic E-state index is -0.0271. The van der Waals surface area contributed by atoms with Gasteiger partial charge in [-0.05, 0) is 47.8 Å². The lowest BCUT2D eigenvalue weighted by molar-refractivity contribution is -0.116. The molecule has 0 spiro atoms. The van der Waals surface area contributed by atoms with E-state index >= 15 is 0 Å². The van der Waals surface area contributed by atoms with E-state index in [0.717, 1.165) is 34.0 Å². The Bertz CT molecular complexity index is 879. The highest BCUT2D eigenvalue weighted by molar-refractivity contribution is 7.03. The van der Waals surface area contributed by atoms with E-state index in [4.69, 9.17) is 9.47 Å². The molecule has 1 N–H and O–H groups in total. The SMILES string of the molecule is O=C(CCc1ccc2c(c1)OCO2)Nc1ccc(-c2csnn2)cc1. The van der Waals surface area contributed by atoms with Crippen LogP contribution in [0.4, 0.5) is 5.69 Å². The van der Waals surface area contributed by atoms with Crippen molar-refractivity contribution >= 4 is 23.1 Å². The largest absolute Gasteiger partial charge is 0.454 e. The molecule has 0 radical (unpaired) electrons. The van der Waals surface area contributed by atoms with Gasteiger partial charge in [-0.15, -0.1) is 5.10 Å². The molecule has 2 heterocycles. The molecule has 25 heavy (non-hydrogen) atoms. The summed E-state index contributed by atoms with van der Waals surface area (Å²) in [4.78, 5) is 12.1. The van der Waals surface area contributed by atoms with Gasteiger partial charge in [0.15, 0.2) is 11.5 Å². The number of nitrogens with zero attached hydrogens (tertiary/aromatic N) is 2. The Labute approximate surface area is 148 Å². The molecule has 0 atom stereocenters. The smallest absolute Gasteiger partial charge is 0.231 e. The Hall–Kier alpha value is -2.93. The van der Waals surface area contributed by atoms with Crippen molar-refractivity contribution in [3.63, 3.8) is 0 Å². The zero-order valence-electron chi connectivity index (χ0n) is 13.3. The van der Waals surface area contributed by atoms with E-state index in [1.165, 1.54) is 11.5 Å². The molecule has 1 aliphatic heterocycles. The number of benzene rings is 2. The first-order chi connectivity index (χ1) is 12.3. The Kier molecular flexibility index (Phi) is 4.30. The van der Waals surface area contributed by atoms with Crippen LogP contribution in [-0.4, -0.2) is 22.3 Å². The number of carbonyl (C=O) groups excluding carboxylic acids is 1. The Morgan fingerprint density at radius 1 is 1.12 bits per heavy atom. The molecule has 4 rings (SSSR count). The van der Waals surface area contributed by atoms with Crippen molar-refractivity contribution < 1.29 is 14.3 Å². The maximum absolute atomic E-state index is 12.1.